The first-order chi connectivity index (χ1) is 16.7. The van der Waals surface area contributed by atoms with Crippen LogP contribution < -0.4 is 14.9 Å². The van der Waals surface area contributed by atoms with Crippen LogP contribution in [0.1, 0.15) is 16.7 Å². The highest BCUT2D eigenvalue weighted by molar-refractivity contribution is 5.83. The summed E-state index contributed by atoms with van der Waals surface area (Å²) in [4.78, 5) is 12.0. The smallest absolute Gasteiger partial charge is 0.277 e. The van der Waals surface area contributed by atoms with Crippen molar-refractivity contribution in [1.82, 2.24) is 5.43 Å². The van der Waals surface area contributed by atoms with Gasteiger partial charge in [-0.2, -0.15) is 5.10 Å². The molecule has 5 heteroatoms. The second-order valence-corrected chi connectivity index (χ2v) is 7.82. The summed E-state index contributed by atoms with van der Waals surface area (Å²) in [5.74, 6) is 1.06. The molecule has 4 aromatic carbocycles. The number of hydrogen-bond donors (Lipinski definition) is 1. The summed E-state index contributed by atoms with van der Waals surface area (Å²) in [7, 11) is 0. The van der Waals surface area contributed by atoms with Crippen molar-refractivity contribution in [3.8, 4) is 22.6 Å². The van der Waals surface area contributed by atoms with Crippen molar-refractivity contribution in [2.75, 3.05) is 6.61 Å². The lowest BCUT2D eigenvalue weighted by Gasteiger charge is -2.07. The second kappa shape index (κ2) is 11.5. The van der Waals surface area contributed by atoms with Crippen LogP contribution in [0.15, 0.2) is 108 Å². The van der Waals surface area contributed by atoms with E-state index >= 15 is 0 Å². The molecule has 0 fully saturated rings. The highest BCUT2D eigenvalue weighted by atomic mass is 16.5. The molecule has 0 saturated carbocycles. The Morgan fingerprint density at radius 2 is 1.38 bits per heavy atom. The first-order valence-corrected chi connectivity index (χ1v) is 11.0. The topological polar surface area (TPSA) is 59.9 Å². The van der Waals surface area contributed by atoms with E-state index in [1.807, 2.05) is 78.9 Å². The van der Waals surface area contributed by atoms with Gasteiger partial charge in [0.05, 0.1) is 6.21 Å². The minimum atomic E-state index is -0.332. The molecular weight excluding hydrogens is 424 g/mol. The van der Waals surface area contributed by atoms with Gasteiger partial charge in [-0.25, -0.2) is 5.43 Å². The highest BCUT2D eigenvalue weighted by Crippen LogP contribution is 2.22. The standard InChI is InChI=1S/C29H26N2O3/c1-22-7-9-24(10-8-22)20-33-27-15-11-23(12-16-27)19-30-31-29(32)21-34-28-17-13-26(14-18-28)25-5-3-2-4-6-25/h2-19H,20-21H2,1H3,(H,31,32)/b30-19+. The number of carbonyl (C=O) groups excluding carboxylic acids is 1. The zero-order valence-corrected chi connectivity index (χ0v) is 19.0. The van der Waals surface area contributed by atoms with Crippen LogP contribution >= 0.6 is 0 Å². The third-order valence-corrected chi connectivity index (χ3v) is 5.14. The summed E-state index contributed by atoms with van der Waals surface area (Å²) in [6.07, 6.45) is 1.58. The Morgan fingerprint density at radius 3 is 2.09 bits per heavy atom. The Labute approximate surface area is 199 Å². The number of hydrazone groups is 1. The summed E-state index contributed by atoms with van der Waals surface area (Å²) in [6, 6.07) is 33.5. The van der Waals surface area contributed by atoms with E-state index in [0.717, 1.165) is 28.0 Å². The molecule has 1 N–H and O–H groups in total. The van der Waals surface area contributed by atoms with E-state index in [1.165, 1.54) is 5.56 Å². The van der Waals surface area contributed by atoms with Crippen LogP contribution in [-0.4, -0.2) is 18.7 Å². The normalized spacial score (nSPS) is 10.7. The van der Waals surface area contributed by atoms with E-state index in [-0.39, 0.29) is 12.5 Å². The van der Waals surface area contributed by atoms with Gasteiger partial charge in [-0.15, -0.1) is 0 Å². The van der Waals surface area contributed by atoms with Gasteiger partial charge in [0.15, 0.2) is 6.61 Å². The lowest BCUT2D eigenvalue weighted by molar-refractivity contribution is -0.123. The molecule has 0 saturated heterocycles. The molecule has 4 rings (SSSR count). The van der Waals surface area contributed by atoms with Gasteiger partial charge < -0.3 is 9.47 Å². The summed E-state index contributed by atoms with van der Waals surface area (Å²) in [5.41, 5.74) is 7.89. The number of benzene rings is 4. The molecule has 0 aliphatic heterocycles. The van der Waals surface area contributed by atoms with Gasteiger partial charge in [-0.1, -0.05) is 72.3 Å². The molecule has 0 aliphatic rings. The fourth-order valence-electron chi connectivity index (χ4n) is 3.24. The molecule has 5 nitrogen and oxygen atoms in total. The van der Waals surface area contributed by atoms with Crippen molar-refractivity contribution in [3.63, 3.8) is 0 Å². The number of hydrogen-bond acceptors (Lipinski definition) is 4. The number of ether oxygens (including phenoxy) is 2. The Kier molecular flexibility index (Phi) is 7.70. The Balaban J connectivity index is 1.19. The monoisotopic (exact) mass is 450 g/mol. The van der Waals surface area contributed by atoms with E-state index in [9.17, 15) is 4.79 Å². The van der Waals surface area contributed by atoms with E-state index < -0.39 is 0 Å². The molecule has 0 atom stereocenters. The van der Waals surface area contributed by atoms with Crippen LogP contribution in [0.4, 0.5) is 0 Å². The molecule has 0 aromatic heterocycles. The van der Waals surface area contributed by atoms with Gasteiger partial charge in [0.1, 0.15) is 18.1 Å². The second-order valence-electron chi connectivity index (χ2n) is 7.82. The maximum atomic E-state index is 12.0. The van der Waals surface area contributed by atoms with Crippen molar-refractivity contribution in [2.24, 2.45) is 5.10 Å². The third-order valence-electron chi connectivity index (χ3n) is 5.14. The number of nitrogens with one attached hydrogen (secondary N) is 1. The van der Waals surface area contributed by atoms with Gasteiger partial charge in [0.25, 0.3) is 5.91 Å². The van der Waals surface area contributed by atoms with Crippen molar-refractivity contribution in [3.05, 3.63) is 120 Å². The van der Waals surface area contributed by atoms with E-state index in [4.69, 9.17) is 9.47 Å². The van der Waals surface area contributed by atoms with E-state index in [1.54, 1.807) is 6.21 Å². The maximum absolute atomic E-state index is 12.0. The highest BCUT2D eigenvalue weighted by Gasteiger charge is 2.03. The number of carbonyl (C=O) groups is 1. The summed E-state index contributed by atoms with van der Waals surface area (Å²) in [6.45, 7) is 2.46. The summed E-state index contributed by atoms with van der Waals surface area (Å²) in [5, 5.41) is 3.99. The fraction of sp³-hybridized carbons (Fsp3) is 0.103. The zero-order valence-electron chi connectivity index (χ0n) is 19.0. The summed E-state index contributed by atoms with van der Waals surface area (Å²) < 4.78 is 11.3. The Hall–Kier alpha value is -4.38. The van der Waals surface area contributed by atoms with Crippen LogP contribution in [0.3, 0.4) is 0 Å². The van der Waals surface area contributed by atoms with E-state index in [0.29, 0.717) is 12.4 Å². The van der Waals surface area contributed by atoms with Gasteiger partial charge in [-0.3, -0.25) is 4.79 Å². The number of aryl methyl sites for hydroxylation is 1. The fourth-order valence-corrected chi connectivity index (χ4v) is 3.24. The van der Waals surface area contributed by atoms with Crippen molar-refractivity contribution >= 4 is 12.1 Å². The molecule has 0 spiro atoms. The zero-order chi connectivity index (χ0) is 23.6. The molecule has 0 unspecified atom stereocenters. The number of nitrogens with zero attached hydrogens (tertiary/aromatic N) is 1. The molecular formula is C29H26N2O3. The molecule has 0 radical (unpaired) electrons. The minimum absolute atomic E-state index is 0.117. The van der Waals surface area contributed by atoms with Gasteiger partial charge in [-0.05, 0) is 65.6 Å². The van der Waals surface area contributed by atoms with Crippen molar-refractivity contribution in [1.29, 1.82) is 0 Å². The minimum Gasteiger partial charge on any atom is -0.489 e. The lowest BCUT2D eigenvalue weighted by atomic mass is 10.1. The third kappa shape index (κ3) is 6.81. The van der Waals surface area contributed by atoms with Gasteiger partial charge in [0.2, 0.25) is 0 Å². The predicted octanol–water partition coefficient (Wildman–Crippen LogP) is 5.77. The van der Waals surface area contributed by atoms with E-state index in [2.05, 4.69) is 41.7 Å². The Bertz CT molecular complexity index is 1220. The number of amides is 1. The molecule has 0 bridgehead atoms. The molecule has 170 valence electrons. The first-order valence-electron chi connectivity index (χ1n) is 11.0. The molecule has 1 amide bonds. The first kappa shape index (κ1) is 22.8. The lowest BCUT2D eigenvalue weighted by Crippen LogP contribution is -2.24. The quantitative estimate of drug-likeness (QED) is 0.260. The van der Waals surface area contributed by atoms with Crippen molar-refractivity contribution in [2.45, 2.75) is 13.5 Å². The molecule has 34 heavy (non-hydrogen) atoms. The van der Waals surface area contributed by atoms with Crippen LogP contribution in [0.25, 0.3) is 11.1 Å². The Morgan fingerprint density at radius 1 is 0.765 bits per heavy atom. The number of rotatable bonds is 9. The van der Waals surface area contributed by atoms with Crippen LogP contribution in [-0.2, 0) is 11.4 Å². The molecule has 0 aliphatic carbocycles. The largest absolute Gasteiger partial charge is 0.489 e. The average molecular weight is 451 g/mol. The van der Waals surface area contributed by atoms with Crippen molar-refractivity contribution < 1.29 is 14.3 Å². The maximum Gasteiger partial charge on any atom is 0.277 e. The SMILES string of the molecule is Cc1ccc(COc2ccc(/C=N/NC(=O)COc3ccc(-c4ccccc4)cc3)cc2)cc1. The average Bonchev–Trinajstić information content (AvgIpc) is 2.89. The van der Waals surface area contributed by atoms with Crippen LogP contribution in [0.2, 0.25) is 0 Å². The predicted molar refractivity (Wildman–Crippen MR) is 135 cm³/mol. The molecule has 0 heterocycles. The summed E-state index contributed by atoms with van der Waals surface area (Å²) >= 11 is 0. The van der Waals surface area contributed by atoms with Crippen LogP contribution in [0.5, 0.6) is 11.5 Å². The van der Waals surface area contributed by atoms with Gasteiger partial charge in [0, 0.05) is 0 Å². The molecule has 4 aromatic rings. The van der Waals surface area contributed by atoms with Gasteiger partial charge >= 0.3 is 0 Å². The van der Waals surface area contributed by atoms with Crippen LogP contribution in [0, 0.1) is 6.92 Å².